The highest BCUT2D eigenvalue weighted by Crippen LogP contribution is 2.37. The van der Waals surface area contributed by atoms with Gasteiger partial charge in [-0.05, 0) is 36.3 Å². The van der Waals surface area contributed by atoms with Crippen LogP contribution < -0.4 is 5.32 Å². The summed E-state index contributed by atoms with van der Waals surface area (Å²) in [5.41, 5.74) is 1.41. The van der Waals surface area contributed by atoms with Gasteiger partial charge in [-0.3, -0.25) is 14.9 Å². The average Bonchev–Trinajstić information content (AvgIpc) is 3.21. The number of hydrogen-bond donors (Lipinski definition) is 1. The van der Waals surface area contributed by atoms with Gasteiger partial charge >= 0.3 is 5.97 Å². The summed E-state index contributed by atoms with van der Waals surface area (Å²) in [7, 11) is 0. The molecule has 0 fully saturated rings. The number of carbonyl (C=O) groups is 2. The van der Waals surface area contributed by atoms with Crippen molar-refractivity contribution in [2.45, 2.75) is 6.92 Å². The monoisotopic (exact) mass is 525 g/mol. The molecule has 1 heterocycles. The van der Waals surface area contributed by atoms with Crippen LogP contribution in [0.3, 0.4) is 0 Å². The quantitative estimate of drug-likeness (QED) is 0.136. The molecule has 166 valence electrons. The minimum atomic E-state index is -0.751. The molecule has 1 N–H and O–H groups in total. The Balaban J connectivity index is 1.96. The summed E-state index contributed by atoms with van der Waals surface area (Å²) in [6, 6.07) is 14.7. The summed E-state index contributed by atoms with van der Waals surface area (Å²) >= 11 is 4.50. The van der Waals surface area contributed by atoms with E-state index in [1.807, 2.05) is 24.3 Å². The van der Waals surface area contributed by atoms with Crippen LogP contribution in [0.2, 0.25) is 0 Å². The predicted molar refractivity (Wildman–Crippen MR) is 129 cm³/mol. The Morgan fingerprint density at radius 1 is 1.27 bits per heavy atom. The molecule has 0 bridgehead atoms. The molecule has 0 saturated heterocycles. The molecule has 10 heteroatoms. The minimum Gasteiger partial charge on any atom is -0.462 e. The van der Waals surface area contributed by atoms with Gasteiger partial charge in [-0.25, -0.2) is 4.79 Å². The van der Waals surface area contributed by atoms with Crippen molar-refractivity contribution in [3.05, 3.63) is 85.2 Å². The van der Waals surface area contributed by atoms with Gasteiger partial charge in [0.2, 0.25) is 0 Å². The van der Waals surface area contributed by atoms with Crippen molar-refractivity contribution in [2.75, 3.05) is 11.9 Å². The van der Waals surface area contributed by atoms with Crippen LogP contribution in [0.1, 0.15) is 22.8 Å². The van der Waals surface area contributed by atoms with Crippen molar-refractivity contribution in [1.82, 2.24) is 0 Å². The molecule has 0 atom stereocenters. The van der Waals surface area contributed by atoms with Crippen LogP contribution in [0.25, 0.3) is 17.2 Å². The topological polar surface area (TPSA) is 122 Å². The third-order valence-corrected chi connectivity index (χ3v) is 5.83. The van der Waals surface area contributed by atoms with E-state index in [9.17, 15) is 25.0 Å². The molecule has 8 nitrogen and oxygen atoms in total. The Labute approximate surface area is 201 Å². The van der Waals surface area contributed by atoms with Crippen molar-refractivity contribution in [3.63, 3.8) is 0 Å². The second-order valence-electron chi connectivity index (χ2n) is 6.56. The van der Waals surface area contributed by atoms with E-state index in [0.29, 0.717) is 11.1 Å². The molecule has 0 aliphatic rings. The average molecular weight is 526 g/mol. The number of esters is 1. The lowest BCUT2D eigenvalue weighted by atomic mass is 10.0. The molecule has 1 aromatic heterocycles. The van der Waals surface area contributed by atoms with Gasteiger partial charge < -0.3 is 10.1 Å². The third-order valence-electron chi connectivity index (χ3n) is 4.41. The first kappa shape index (κ1) is 23.8. The number of nitriles is 1. The van der Waals surface area contributed by atoms with Gasteiger partial charge in [0.25, 0.3) is 11.6 Å². The minimum absolute atomic E-state index is 0.151. The van der Waals surface area contributed by atoms with E-state index in [1.54, 1.807) is 24.4 Å². The molecule has 0 unspecified atom stereocenters. The Morgan fingerprint density at radius 2 is 2.00 bits per heavy atom. The SMILES string of the molecule is CCOC(=O)c1c(-c2ccc(Br)cc2)csc1NC(=O)C(C#N)=Cc1cccc([N+](=O)[O-])c1. The number of halogens is 1. The normalized spacial score (nSPS) is 10.9. The van der Waals surface area contributed by atoms with Crippen LogP contribution in [0.5, 0.6) is 0 Å². The zero-order valence-electron chi connectivity index (χ0n) is 17.2. The van der Waals surface area contributed by atoms with Gasteiger partial charge in [-0.15, -0.1) is 11.3 Å². The number of hydrogen-bond acceptors (Lipinski definition) is 7. The number of carbonyl (C=O) groups excluding carboxylic acids is 2. The largest absolute Gasteiger partial charge is 0.462 e. The third kappa shape index (κ3) is 5.71. The lowest BCUT2D eigenvalue weighted by Gasteiger charge is -2.09. The summed E-state index contributed by atoms with van der Waals surface area (Å²) in [5, 5.41) is 25.0. The first-order valence-electron chi connectivity index (χ1n) is 9.56. The van der Waals surface area contributed by atoms with Gasteiger partial charge in [0.05, 0.1) is 11.5 Å². The van der Waals surface area contributed by atoms with E-state index in [4.69, 9.17) is 4.74 Å². The van der Waals surface area contributed by atoms with E-state index in [1.165, 1.54) is 24.3 Å². The van der Waals surface area contributed by atoms with E-state index >= 15 is 0 Å². The Kier molecular flexibility index (Phi) is 7.71. The molecule has 3 aromatic rings. The maximum absolute atomic E-state index is 12.8. The molecular formula is C23H16BrN3O5S. The molecule has 0 aliphatic carbocycles. The van der Waals surface area contributed by atoms with Crippen molar-refractivity contribution < 1.29 is 19.2 Å². The fourth-order valence-corrected chi connectivity index (χ4v) is 4.13. The van der Waals surface area contributed by atoms with Gasteiger partial charge in [-0.1, -0.05) is 40.2 Å². The van der Waals surface area contributed by atoms with Crippen LogP contribution in [-0.4, -0.2) is 23.4 Å². The molecule has 33 heavy (non-hydrogen) atoms. The molecular weight excluding hydrogens is 510 g/mol. The zero-order valence-corrected chi connectivity index (χ0v) is 19.6. The summed E-state index contributed by atoms with van der Waals surface area (Å²) < 4.78 is 6.05. The number of ether oxygens (including phenoxy) is 1. The molecule has 0 spiro atoms. The maximum Gasteiger partial charge on any atom is 0.341 e. The number of nitro benzene ring substituents is 1. The molecule has 0 radical (unpaired) electrons. The fraction of sp³-hybridized carbons (Fsp3) is 0.0870. The first-order valence-corrected chi connectivity index (χ1v) is 11.2. The van der Waals surface area contributed by atoms with Crippen LogP contribution >= 0.6 is 27.3 Å². The number of thiophene rings is 1. The van der Waals surface area contributed by atoms with Crippen LogP contribution in [0, 0.1) is 21.4 Å². The van der Waals surface area contributed by atoms with Crippen molar-refractivity contribution in [2.24, 2.45) is 0 Å². The summed E-state index contributed by atoms with van der Waals surface area (Å²) in [4.78, 5) is 35.9. The first-order chi connectivity index (χ1) is 15.8. The molecule has 1 amide bonds. The number of non-ortho nitro benzene ring substituents is 1. The fourth-order valence-electron chi connectivity index (χ4n) is 2.91. The second-order valence-corrected chi connectivity index (χ2v) is 8.35. The molecule has 2 aromatic carbocycles. The smallest absolute Gasteiger partial charge is 0.341 e. The summed E-state index contributed by atoms with van der Waals surface area (Å²) in [6.07, 6.45) is 1.25. The lowest BCUT2D eigenvalue weighted by Crippen LogP contribution is -2.16. The maximum atomic E-state index is 12.8. The molecule has 0 saturated carbocycles. The molecule has 0 aliphatic heterocycles. The van der Waals surface area contributed by atoms with Crippen LogP contribution in [0.15, 0.2) is 64.0 Å². The predicted octanol–water partition coefficient (Wildman–Crippen LogP) is 5.81. The number of amides is 1. The summed E-state index contributed by atoms with van der Waals surface area (Å²) in [6.45, 7) is 1.83. The zero-order chi connectivity index (χ0) is 24.0. The Hall–Kier alpha value is -3.81. The standard InChI is InChI=1S/C23H16BrN3O5S/c1-2-32-23(29)20-19(15-6-8-17(24)9-7-15)13-33-22(20)26-21(28)16(12-25)10-14-4-3-5-18(11-14)27(30)31/h3-11,13H,2H2,1H3,(H,26,28). The van der Waals surface area contributed by atoms with Gasteiger partial charge in [-0.2, -0.15) is 5.26 Å². The highest BCUT2D eigenvalue weighted by molar-refractivity contribution is 9.10. The number of nitrogens with one attached hydrogen (secondary N) is 1. The lowest BCUT2D eigenvalue weighted by molar-refractivity contribution is -0.384. The Morgan fingerprint density at radius 3 is 2.64 bits per heavy atom. The van der Waals surface area contributed by atoms with Crippen molar-refractivity contribution >= 4 is 55.9 Å². The van der Waals surface area contributed by atoms with Crippen LogP contribution in [0.4, 0.5) is 10.7 Å². The summed E-state index contributed by atoms with van der Waals surface area (Å²) in [5.74, 6) is -1.35. The van der Waals surface area contributed by atoms with E-state index in [2.05, 4.69) is 21.2 Å². The Bertz CT molecular complexity index is 1290. The highest BCUT2D eigenvalue weighted by atomic mass is 79.9. The van der Waals surface area contributed by atoms with Crippen molar-refractivity contribution in [3.8, 4) is 17.2 Å². The van der Waals surface area contributed by atoms with E-state index in [0.717, 1.165) is 21.4 Å². The number of nitrogens with zero attached hydrogens (tertiary/aromatic N) is 2. The van der Waals surface area contributed by atoms with Gasteiger partial charge in [0.1, 0.15) is 22.2 Å². The number of anilines is 1. The highest BCUT2D eigenvalue weighted by Gasteiger charge is 2.24. The second kappa shape index (κ2) is 10.7. The van der Waals surface area contributed by atoms with Gasteiger partial charge in [0.15, 0.2) is 0 Å². The number of rotatable bonds is 7. The number of benzene rings is 2. The van der Waals surface area contributed by atoms with Gasteiger partial charge in [0, 0.05) is 27.5 Å². The van der Waals surface area contributed by atoms with E-state index in [-0.39, 0.29) is 28.4 Å². The molecule has 3 rings (SSSR count). The number of nitro groups is 1. The van der Waals surface area contributed by atoms with Crippen molar-refractivity contribution in [1.29, 1.82) is 5.26 Å². The van der Waals surface area contributed by atoms with Crippen LogP contribution in [-0.2, 0) is 9.53 Å². The van der Waals surface area contributed by atoms with E-state index < -0.39 is 16.8 Å².